The standard InChI is InChI=1S/C15H16O3/c1-15(2)8-7-11-12(16)9-5-3-4-6-10(9)13(17)14(11)18-15/h3-6,11,14H,7-8H2,1-2H3/t11-,14-/m1/s1. The number of hydrogen-bond acceptors (Lipinski definition) is 3. The van der Waals surface area contributed by atoms with Crippen LogP contribution in [0.5, 0.6) is 0 Å². The molecular formula is C15H16O3. The lowest BCUT2D eigenvalue weighted by Gasteiger charge is -2.42. The highest BCUT2D eigenvalue weighted by molar-refractivity contribution is 6.17. The highest BCUT2D eigenvalue weighted by atomic mass is 16.5. The van der Waals surface area contributed by atoms with Gasteiger partial charge in [0.15, 0.2) is 11.6 Å². The van der Waals surface area contributed by atoms with Crippen molar-refractivity contribution in [3.05, 3.63) is 35.4 Å². The van der Waals surface area contributed by atoms with Gasteiger partial charge in [-0.15, -0.1) is 0 Å². The lowest BCUT2D eigenvalue weighted by Crippen LogP contribution is -2.50. The van der Waals surface area contributed by atoms with Crippen LogP contribution < -0.4 is 0 Å². The molecule has 1 aliphatic carbocycles. The molecule has 1 heterocycles. The molecule has 18 heavy (non-hydrogen) atoms. The highest BCUT2D eigenvalue weighted by Crippen LogP contribution is 2.39. The highest BCUT2D eigenvalue weighted by Gasteiger charge is 2.47. The summed E-state index contributed by atoms with van der Waals surface area (Å²) in [4.78, 5) is 24.8. The van der Waals surface area contributed by atoms with E-state index in [1.54, 1.807) is 24.3 Å². The molecule has 1 aromatic rings. The van der Waals surface area contributed by atoms with Crippen molar-refractivity contribution < 1.29 is 14.3 Å². The largest absolute Gasteiger partial charge is 0.363 e. The number of benzene rings is 1. The summed E-state index contributed by atoms with van der Waals surface area (Å²) in [6, 6.07) is 7.05. The SMILES string of the molecule is CC1(C)CC[C@@H]2C(=O)c3ccccc3C(=O)[C@@H]2O1. The van der Waals surface area contributed by atoms with E-state index in [1.807, 2.05) is 13.8 Å². The van der Waals surface area contributed by atoms with Crippen molar-refractivity contribution in [3.63, 3.8) is 0 Å². The van der Waals surface area contributed by atoms with E-state index in [-0.39, 0.29) is 23.1 Å². The van der Waals surface area contributed by atoms with Gasteiger partial charge in [0, 0.05) is 11.1 Å². The van der Waals surface area contributed by atoms with Gasteiger partial charge < -0.3 is 4.74 Å². The van der Waals surface area contributed by atoms with E-state index >= 15 is 0 Å². The van der Waals surface area contributed by atoms with Crippen LogP contribution in [0, 0.1) is 5.92 Å². The van der Waals surface area contributed by atoms with Gasteiger partial charge in [-0.25, -0.2) is 0 Å². The number of ether oxygens (including phenoxy) is 1. The van der Waals surface area contributed by atoms with Gasteiger partial charge in [0.2, 0.25) is 0 Å². The van der Waals surface area contributed by atoms with E-state index in [0.29, 0.717) is 11.1 Å². The zero-order valence-corrected chi connectivity index (χ0v) is 10.6. The molecule has 1 aromatic carbocycles. The zero-order valence-electron chi connectivity index (χ0n) is 10.6. The smallest absolute Gasteiger partial charge is 0.193 e. The molecule has 94 valence electrons. The monoisotopic (exact) mass is 244 g/mol. The van der Waals surface area contributed by atoms with Crippen LogP contribution >= 0.6 is 0 Å². The van der Waals surface area contributed by atoms with Gasteiger partial charge in [-0.1, -0.05) is 24.3 Å². The number of carbonyl (C=O) groups excluding carboxylic acids is 2. The number of rotatable bonds is 0. The molecule has 1 saturated heterocycles. The number of hydrogen-bond donors (Lipinski definition) is 0. The fourth-order valence-corrected chi connectivity index (χ4v) is 2.91. The van der Waals surface area contributed by atoms with Crippen LogP contribution in [0.4, 0.5) is 0 Å². The van der Waals surface area contributed by atoms with E-state index in [4.69, 9.17) is 4.74 Å². The van der Waals surface area contributed by atoms with Gasteiger partial charge in [0.25, 0.3) is 0 Å². The van der Waals surface area contributed by atoms with Crippen LogP contribution in [-0.4, -0.2) is 23.3 Å². The third-order valence-corrected chi connectivity index (χ3v) is 3.92. The second-order valence-electron chi connectivity index (χ2n) is 5.72. The number of ketones is 2. The molecule has 2 atom stereocenters. The van der Waals surface area contributed by atoms with Crippen LogP contribution in [0.15, 0.2) is 24.3 Å². The van der Waals surface area contributed by atoms with Crippen LogP contribution in [0.3, 0.4) is 0 Å². The van der Waals surface area contributed by atoms with Crippen molar-refractivity contribution in [2.24, 2.45) is 5.92 Å². The van der Waals surface area contributed by atoms with Crippen molar-refractivity contribution in [2.75, 3.05) is 0 Å². The fraction of sp³-hybridized carbons (Fsp3) is 0.467. The minimum absolute atomic E-state index is 0.0389. The summed E-state index contributed by atoms with van der Waals surface area (Å²) in [5.41, 5.74) is 0.761. The van der Waals surface area contributed by atoms with Gasteiger partial charge in [-0.05, 0) is 26.7 Å². The average molecular weight is 244 g/mol. The molecule has 3 rings (SSSR count). The predicted octanol–water partition coefficient (Wildman–Crippen LogP) is 2.64. The summed E-state index contributed by atoms with van der Waals surface area (Å²) in [6.07, 6.45) is 0.961. The molecule has 0 unspecified atom stereocenters. The van der Waals surface area contributed by atoms with Gasteiger partial charge >= 0.3 is 0 Å². The first-order chi connectivity index (χ1) is 8.49. The molecule has 1 aliphatic heterocycles. The maximum absolute atomic E-state index is 12.4. The molecular weight excluding hydrogens is 228 g/mol. The molecule has 0 N–H and O–H groups in total. The van der Waals surface area contributed by atoms with Crippen molar-refractivity contribution in [1.29, 1.82) is 0 Å². The van der Waals surface area contributed by atoms with E-state index in [9.17, 15) is 9.59 Å². The topological polar surface area (TPSA) is 43.4 Å². The lowest BCUT2D eigenvalue weighted by molar-refractivity contribution is -0.108. The Balaban J connectivity index is 2.07. The molecule has 0 bridgehead atoms. The molecule has 0 radical (unpaired) electrons. The number of Topliss-reactive ketones (excluding diaryl/α,β-unsaturated/α-hetero) is 2. The summed E-state index contributed by atoms with van der Waals surface area (Å²) in [7, 11) is 0. The van der Waals surface area contributed by atoms with Gasteiger partial charge in [0.1, 0.15) is 6.10 Å². The zero-order chi connectivity index (χ0) is 12.9. The molecule has 3 heteroatoms. The molecule has 2 aliphatic rings. The lowest BCUT2D eigenvalue weighted by atomic mass is 9.74. The normalized spacial score (nSPS) is 29.7. The Bertz CT molecular complexity index is 530. The predicted molar refractivity (Wildman–Crippen MR) is 66.8 cm³/mol. The third kappa shape index (κ3) is 1.62. The van der Waals surface area contributed by atoms with Crippen molar-refractivity contribution in [1.82, 2.24) is 0 Å². The Morgan fingerprint density at radius 1 is 1.11 bits per heavy atom. The number of fused-ring (bicyclic) bond motifs is 2. The van der Waals surface area contributed by atoms with Crippen LogP contribution in [0.1, 0.15) is 47.4 Å². The molecule has 0 spiro atoms. The minimum atomic E-state index is -0.587. The maximum atomic E-state index is 12.4. The Labute approximate surface area is 106 Å². The first-order valence-corrected chi connectivity index (χ1v) is 6.35. The Morgan fingerprint density at radius 2 is 1.72 bits per heavy atom. The number of carbonyl (C=O) groups is 2. The second-order valence-corrected chi connectivity index (χ2v) is 5.72. The summed E-state index contributed by atoms with van der Waals surface area (Å²) >= 11 is 0. The van der Waals surface area contributed by atoms with Crippen molar-refractivity contribution >= 4 is 11.6 Å². The van der Waals surface area contributed by atoms with E-state index < -0.39 is 6.10 Å². The average Bonchev–Trinajstić information content (AvgIpc) is 2.35. The third-order valence-electron chi connectivity index (χ3n) is 3.92. The Morgan fingerprint density at radius 3 is 2.39 bits per heavy atom. The van der Waals surface area contributed by atoms with Gasteiger partial charge in [-0.3, -0.25) is 9.59 Å². The van der Waals surface area contributed by atoms with E-state index in [2.05, 4.69) is 0 Å². The van der Waals surface area contributed by atoms with E-state index in [1.165, 1.54) is 0 Å². The van der Waals surface area contributed by atoms with E-state index in [0.717, 1.165) is 12.8 Å². The maximum Gasteiger partial charge on any atom is 0.193 e. The summed E-state index contributed by atoms with van der Waals surface area (Å²) in [5, 5.41) is 0. The summed E-state index contributed by atoms with van der Waals surface area (Å²) in [6.45, 7) is 3.95. The van der Waals surface area contributed by atoms with Crippen LogP contribution in [0.2, 0.25) is 0 Å². The van der Waals surface area contributed by atoms with Crippen molar-refractivity contribution in [3.8, 4) is 0 Å². The fourth-order valence-electron chi connectivity index (χ4n) is 2.91. The molecule has 3 nitrogen and oxygen atoms in total. The molecule has 1 fully saturated rings. The van der Waals surface area contributed by atoms with Crippen LogP contribution in [0.25, 0.3) is 0 Å². The van der Waals surface area contributed by atoms with Gasteiger partial charge in [0.05, 0.1) is 11.5 Å². The van der Waals surface area contributed by atoms with Gasteiger partial charge in [-0.2, -0.15) is 0 Å². The quantitative estimate of drug-likeness (QED) is 0.704. The molecule has 0 aromatic heterocycles. The summed E-state index contributed by atoms with van der Waals surface area (Å²) in [5.74, 6) is -0.269. The first kappa shape index (κ1) is 11.6. The molecule has 0 saturated carbocycles. The second kappa shape index (κ2) is 3.75. The Hall–Kier alpha value is -1.48. The van der Waals surface area contributed by atoms with Crippen LogP contribution in [-0.2, 0) is 4.74 Å². The molecule has 0 amide bonds. The first-order valence-electron chi connectivity index (χ1n) is 6.35. The van der Waals surface area contributed by atoms with Crippen molar-refractivity contribution in [2.45, 2.75) is 38.4 Å². The summed E-state index contributed by atoms with van der Waals surface area (Å²) < 4.78 is 5.85. The minimum Gasteiger partial charge on any atom is -0.363 e. The Kier molecular flexibility index (Phi) is 2.42.